The van der Waals surface area contributed by atoms with Crippen LogP contribution in [0, 0.1) is 0 Å². The number of hydrogen-bond donors (Lipinski definition) is 2. The topological polar surface area (TPSA) is 68.0 Å². The van der Waals surface area contributed by atoms with Gasteiger partial charge in [-0.05, 0) is 11.6 Å². The molecule has 0 spiro atoms. The summed E-state index contributed by atoms with van der Waals surface area (Å²) in [5.74, 6) is -0.214. The Kier molecular flexibility index (Phi) is 3.75. The van der Waals surface area contributed by atoms with Gasteiger partial charge in [0.25, 0.3) is 5.91 Å². The number of nitrogen functional groups attached to an aromatic ring is 1. The van der Waals surface area contributed by atoms with E-state index in [0.717, 1.165) is 10.0 Å². The molecular formula is C11H10BrN3OS. The van der Waals surface area contributed by atoms with E-state index >= 15 is 0 Å². The molecule has 0 aliphatic rings. The third-order valence-electron chi connectivity index (χ3n) is 2.15. The normalized spacial score (nSPS) is 10.2. The van der Waals surface area contributed by atoms with Crippen LogP contribution in [0.25, 0.3) is 0 Å². The highest BCUT2D eigenvalue weighted by molar-refractivity contribution is 9.10. The highest BCUT2D eigenvalue weighted by Gasteiger charge is 2.09. The number of halogens is 1. The second kappa shape index (κ2) is 5.29. The maximum atomic E-state index is 11.7. The summed E-state index contributed by atoms with van der Waals surface area (Å²) >= 11 is 4.68. The molecule has 1 aromatic heterocycles. The molecule has 0 atom stereocenters. The lowest BCUT2D eigenvalue weighted by Crippen LogP contribution is -2.23. The summed E-state index contributed by atoms with van der Waals surface area (Å²) in [6.07, 6.45) is 0. The lowest BCUT2D eigenvalue weighted by molar-refractivity contribution is 0.0946. The number of amides is 1. The van der Waals surface area contributed by atoms with E-state index in [1.165, 1.54) is 11.3 Å². The van der Waals surface area contributed by atoms with Gasteiger partial charge in [0.15, 0.2) is 5.13 Å². The molecule has 1 amide bonds. The van der Waals surface area contributed by atoms with Crippen molar-refractivity contribution in [3.63, 3.8) is 0 Å². The van der Waals surface area contributed by atoms with Gasteiger partial charge in [0.05, 0.1) is 0 Å². The largest absolute Gasteiger partial charge is 0.375 e. The first-order valence-corrected chi connectivity index (χ1v) is 6.56. The van der Waals surface area contributed by atoms with Crippen LogP contribution in [-0.4, -0.2) is 10.9 Å². The summed E-state index contributed by atoms with van der Waals surface area (Å²) in [6.45, 7) is 0.456. The van der Waals surface area contributed by atoms with Crippen molar-refractivity contribution < 1.29 is 4.79 Å². The van der Waals surface area contributed by atoms with Crippen LogP contribution in [0.5, 0.6) is 0 Å². The van der Waals surface area contributed by atoms with Crippen molar-refractivity contribution in [2.45, 2.75) is 6.54 Å². The van der Waals surface area contributed by atoms with E-state index in [-0.39, 0.29) is 5.91 Å². The number of rotatable bonds is 3. The van der Waals surface area contributed by atoms with E-state index in [0.29, 0.717) is 17.4 Å². The van der Waals surface area contributed by atoms with Crippen LogP contribution in [0.15, 0.2) is 34.1 Å². The average molecular weight is 312 g/mol. The quantitative estimate of drug-likeness (QED) is 0.914. The molecule has 0 saturated heterocycles. The van der Waals surface area contributed by atoms with Gasteiger partial charge in [-0.2, -0.15) is 0 Å². The molecule has 6 heteroatoms. The molecule has 1 aromatic carbocycles. The number of carbonyl (C=O) groups excluding carboxylic acids is 1. The first-order valence-electron chi connectivity index (χ1n) is 4.89. The maximum absolute atomic E-state index is 11.7. The fourth-order valence-corrected chi connectivity index (χ4v) is 2.27. The number of thiazole rings is 1. The molecule has 0 fully saturated rings. The van der Waals surface area contributed by atoms with Crippen molar-refractivity contribution in [3.8, 4) is 0 Å². The Morgan fingerprint density at radius 3 is 2.88 bits per heavy atom. The standard InChI is InChI=1S/C11H10BrN3OS/c12-8-4-2-1-3-7(8)5-14-10(16)9-6-17-11(13)15-9/h1-4,6H,5H2,(H2,13,15)(H,14,16). The number of hydrogen-bond acceptors (Lipinski definition) is 4. The minimum Gasteiger partial charge on any atom is -0.375 e. The first-order chi connectivity index (χ1) is 8.16. The highest BCUT2D eigenvalue weighted by atomic mass is 79.9. The van der Waals surface area contributed by atoms with E-state index in [9.17, 15) is 4.79 Å². The van der Waals surface area contributed by atoms with Crippen LogP contribution in [-0.2, 0) is 6.54 Å². The molecular weight excluding hydrogens is 302 g/mol. The zero-order chi connectivity index (χ0) is 12.3. The molecule has 0 unspecified atom stereocenters. The minimum absolute atomic E-state index is 0.214. The van der Waals surface area contributed by atoms with Crippen molar-refractivity contribution in [1.82, 2.24) is 10.3 Å². The summed E-state index contributed by atoms with van der Waals surface area (Å²) in [5, 5.41) is 4.83. The Hall–Kier alpha value is -1.40. The fourth-order valence-electron chi connectivity index (χ4n) is 1.30. The second-order valence-electron chi connectivity index (χ2n) is 3.35. The molecule has 88 valence electrons. The molecule has 1 heterocycles. The zero-order valence-corrected chi connectivity index (χ0v) is 11.2. The maximum Gasteiger partial charge on any atom is 0.271 e. The lowest BCUT2D eigenvalue weighted by atomic mass is 10.2. The van der Waals surface area contributed by atoms with Crippen LogP contribution >= 0.6 is 27.3 Å². The molecule has 2 aromatic rings. The number of benzene rings is 1. The highest BCUT2D eigenvalue weighted by Crippen LogP contribution is 2.16. The summed E-state index contributed by atoms with van der Waals surface area (Å²) < 4.78 is 0.970. The Balaban J connectivity index is 1.99. The van der Waals surface area contributed by atoms with Crippen molar-refractivity contribution in [2.24, 2.45) is 0 Å². The van der Waals surface area contributed by atoms with E-state index in [4.69, 9.17) is 5.73 Å². The first kappa shape index (κ1) is 12.1. The lowest BCUT2D eigenvalue weighted by Gasteiger charge is -2.05. The number of nitrogens with two attached hydrogens (primary N) is 1. The minimum atomic E-state index is -0.214. The Bertz CT molecular complexity index is 541. The third-order valence-corrected chi connectivity index (χ3v) is 3.60. The van der Waals surface area contributed by atoms with E-state index in [2.05, 4.69) is 26.2 Å². The van der Waals surface area contributed by atoms with Gasteiger partial charge < -0.3 is 11.1 Å². The molecule has 2 rings (SSSR count). The molecule has 3 N–H and O–H groups in total. The fraction of sp³-hybridized carbons (Fsp3) is 0.0909. The third kappa shape index (κ3) is 3.04. The van der Waals surface area contributed by atoms with Crippen LogP contribution < -0.4 is 11.1 Å². The molecule has 4 nitrogen and oxygen atoms in total. The summed E-state index contributed by atoms with van der Waals surface area (Å²) in [5.41, 5.74) is 6.85. The van der Waals surface area contributed by atoms with Gasteiger partial charge in [-0.1, -0.05) is 34.1 Å². The van der Waals surface area contributed by atoms with Crippen LogP contribution in [0.2, 0.25) is 0 Å². The van der Waals surface area contributed by atoms with Crippen molar-refractivity contribution >= 4 is 38.3 Å². The predicted molar refractivity (Wildman–Crippen MR) is 71.8 cm³/mol. The SMILES string of the molecule is Nc1nc(C(=O)NCc2ccccc2Br)cs1. The van der Waals surface area contributed by atoms with Crippen molar-refractivity contribution in [3.05, 3.63) is 45.4 Å². The smallest absolute Gasteiger partial charge is 0.271 e. The Morgan fingerprint density at radius 2 is 2.24 bits per heavy atom. The van der Waals surface area contributed by atoms with Gasteiger partial charge in [0, 0.05) is 16.4 Å². The molecule has 0 aliphatic carbocycles. The molecule has 0 saturated carbocycles. The zero-order valence-electron chi connectivity index (χ0n) is 8.81. The van der Waals surface area contributed by atoms with E-state index in [1.54, 1.807) is 5.38 Å². The van der Waals surface area contributed by atoms with Crippen LogP contribution in [0.4, 0.5) is 5.13 Å². The van der Waals surface area contributed by atoms with Gasteiger partial charge in [-0.25, -0.2) is 4.98 Å². The van der Waals surface area contributed by atoms with Crippen molar-refractivity contribution in [2.75, 3.05) is 5.73 Å². The molecule has 0 aliphatic heterocycles. The van der Waals surface area contributed by atoms with Gasteiger partial charge in [-0.15, -0.1) is 11.3 Å². The van der Waals surface area contributed by atoms with Gasteiger partial charge >= 0.3 is 0 Å². The second-order valence-corrected chi connectivity index (χ2v) is 5.09. The van der Waals surface area contributed by atoms with Crippen LogP contribution in [0.1, 0.15) is 16.1 Å². The summed E-state index contributed by atoms with van der Waals surface area (Å²) in [4.78, 5) is 15.6. The van der Waals surface area contributed by atoms with Crippen LogP contribution in [0.3, 0.4) is 0 Å². The predicted octanol–water partition coefficient (Wildman–Crippen LogP) is 2.42. The molecule has 0 radical (unpaired) electrons. The summed E-state index contributed by atoms with van der Waals surface area (Å²) in [7, 11) is 0. The van der Waals surface area contributed by atoms with E-state index in [1.807, 2.05) is 24.3 Å². The number of nitrogens with zero attached hydrogens (tertiary/aromatic N) is 1. The van der Waals surface area contributed by atoms with Gasteiger partial charge in [0.2, 0.25) is 0 Å². The average Bonchev–Trinajstić information content (AvgIpc) is 2.74. The van der Waals surface area contributed by atoms with Crippen molar-refractivity contribution in [1.29, 1.82) is 0 Å². The van der Waals surface area contributed by atoms with Gasteiger partial charge in [0.1, 0.15) is 5.69 Å². The Labute approximate surface area is 111 Å². The van der Waals surface area contributed by atoms with E-state index < -0.39 is 0 Å². The summed E-state index contributed by atoms with van der Waals surface area (Å²) in [6, 6.07) is 7.73. The number of nitrogens with one attached hydrogen (secondary N) is 1. The Morgan fingerprint density at radius 1 is 1.47 bits per heavy atom. The number of anilines is 1. The monoisotopic (exact) mass is 311 g/mol. The van der Waals surface area contributed by atoms with Gasteiger partial charge in [-0.3, -0.25) is 4.79 Å². The molecule has 17 heavy (non-hydrogen) atoms. The number of aromatic nitrogens is 1. The number of carbonyl (C=O) groups is 1. The molecule has 0 bridgehead atoms.